The number of anilines is 1. The summed E-state index contributed by atoms with van der Waals surface area (Å²) in [7, 11) is 0. The van der Waals surface area contributed by atoms with E-state index in [0.29, 0.717) is 18.2 Å². The van der Waals surface area contributed by atoms with Crippen molar-refractivity contribution in [2.24, 2.45) is 5.16 Å². The molecule has 3 aromatic rings. The summed E-state index contributed by atoms with van der Waals surface area (Å²) in [6.07, 6.45) is -0.290. The number of carbonyl (C=O) groups excluding carboxylic acids is 1. The van der Waals surface area contributed by atoms with Crippen LogP contribution in [0.25, 0.3) is 5.95 Å². The minimum absolute atomic E-state index is 0.291. The lowest BCUT2D eigenvalue weighted by molar-refractivity contribution is -0.125. The SMILES string of the molecule is Cc1cc(C)nc(-n2nc(C)cc2NC(=O)C2CC(c3ccccc3)=NO2)n1. The summed E-state index contributed by atoms with van der Waals surface area (Å²) in [5, 5.41) is 11.3. The van der Waals surface area contributed by atoms with E-state index >= 15 is 0 Å². The van der Waals surface area contributed by atoms with Crippen molar-refractivity contribution in [3.63, 3.8) is 0 Å². The predicted octanol–water partition coefficient (Wildman–Crippen LogP) is 2.72. The first-order valence-corrected chi connectivity index (χ1v) is 8.98. The average Bonchev–Trinajstić information content (AvgIpc) is 3.29. The second-order valence-electron chi connectivity index (χ2n) is 6.72. The molecule has 1 unspecified atom stereocenters. The molecule has 1 aliphatic heterocycles. The van der Waals surface area contributed by atoms with Crippen molar-refractivity contribution in [2.75, 3.05) is 5.32 Å². The van der Waals surface area contributed by atoms with Crippen LogP contribution in [-0.2, 0) is 9.63 Å². The Labute approximate surface area is 162 Å². The van der Waals surface area contributed by atoms with E-state index < -0.39 is 6.10 Å². The Balaban J connectivity index is 1.52. The highest BCUT2D eigenvalue weighted by Crippen LogP contribution is 2.20. The van der Waals surface area contributed by atoms with Gasteiger partial charge in [0.05, 0.1) is 11.4 Å². The van der Waals surface area contributed by atoms with E-state index in [-0.39, 0.29) is 5.91 Å². The number of benzene rings is 1. The quantitative estimate of drug-likeness (QED) is 0.755. The highest BCUT2D eigenvalue weighted by Gasteiger charge is 2.29. The topological polar surface area (TPSA) is 94.3 Å². The first-order valence-electron chi connectivity index (χ1n) is 8.98. The summed E-state index contributed by atoms with van der Waals surface area (Å²) in [4.78, 5) is 26.9. The monoisotopic (exact) mass is 376 g/mol. The fraction of sp³-hybridized carbons (Fsp3) is 0.250. The molecule has 1 aromatic carbocycles. The van der Waals surface area contributed by atoms with Gasteiger partial charge in [0.15, 0.2) is 0 Å². The number of nitrogens with one attached hydrogen (secondary N) is 1. The summed E-state index contributed by atoms with van der Waals surface area (Å²) < 4.78 is 1.53. The van der Waals surface area contributed by atoms with Gasteiger partial charge in [0, 0.05) is 23.9 Å². The van der Waals surface area contributed by atoms with Crippen LogP contribution in [0.15, 0.2) is 47.6 Å². The van der Waals surface area contributed by atoms with Crippen molar-refractivity contribution in [2.45, 2.75) is 33.3 Å². The van der Waals surface area contributed by atoms with Gasteiger partial charge in [-0.3, -0.25) is 4.79 Å². The van der Waals surface area contributed by atoms with Crippen LogP contribution in [0.2, 0.25) is 0 Å². The molecule has 1 atom stereocenters. The van der Waals surface area contributed by atoms with Gasteiger partial charge in [-0.25, -0.2) is 9.97 Å². The van der Waals surface area contributed by atoms with Crippen molar-refractivity contribution in [1.82, 2.24) is 19.7 Å². The van der Waals surface area contributed by atoms with Crippen LogP contribution in [0.1, 0.15) is 29.1 Å². The highest BCUT2D eigenvalue weighted by atomic mass is 16.6. The molecule has 0 bridgehead atoms. The fourth-order valence-electron chi connectivity index (χ4n) is 3.07. The lowest BCUT2D eigenvalue weighted by atomic mass is 10.0. The summed E-state index contributed by atoms with van der Waals surface area (Å²) in [6.45, 7) is 5.63. The Bertz CT molecular complexity index is 1040. The largest absolute Gasteiger partial charge is 0.382 e. The molecule has 8 nitrogen and oxygen atoms in total. The molecule has 0 spiro atoms. The molecule has 0 saturated carbocycles. The lowest BCUT2D eigenvalue weighted by Crippen LogP contribution is -2.29. The molecule has 8 heteroatoms. The number of amides is 1. The molecular weight excluding hydrogens is 356 g/mol. The second kappa shape index (κ2) is 7.22. The number of oxime groups is 1. The third-order valence-electron chi connectivity index (χ3n) is 4.31. The zero-order chi connectivity index (χ0) is 19.7. The van der Waals surface area contributed by atoms with Crippen molar-refractivity contribution >= 4 is 17.4 Å². The smallest absolute Gasteiger partial charge is 0.269 e. The molecule has 28 heavy (non-hydrogen) atoms. The van der Waals surface area contributed by atoms with Gasteiger partial charge < -0.3 is 10.2 Å². The number of hydrogen-bond donors (Lipinski definition) is 1. The van der Waals surface area contributed by atoms with Gasteiger partial charge >= 0.3 is 0 Å². The van der Waals surface area contributed by atoms with E-state index in [4.69, 9.17) is 4.84 Å². The molecule has 0 radical (unpaired) electrons. The lowest BCUT2D eigenvalue weighted by Gasteiger charge is -2.11. The Morgan fingerprint density at radius 2 is 1.79 bits per heavy atom. The molecule has 3 heterocycles. The number of carbonyl (C=O) groups is 1. The summed E-state index contributed by atoms with van der Waals surface area (Å²) in [6, 6.07) is 13.3. The van der Waals surface area contributed by atoms with E-state index in [0.717, 1.165) is 28.4 Å². The average molecular weight is 376 g/mol. The maximum absolute atomic E-state index is 12.7. The van der Waals surface area contributed by atoms with Crippen molar-refractivity contribution in [3.8, 4) is 5.95 Å². The fourth-order valence-corrected chi connectivity index (χ4v) is 3.07. The molecule has 2 aromatic heterocycles. The highest BCUT2D eigenvalue weighted by molar-refractivity contribution is 6.06. The zero-order valence-electron chi connectivity index (χ0n) is 15.9. The van der Waals surface area contributed by atoms with Crippen LogP contribution in [0.4, 0.5) is 5.82 Å². The molecule has 0 fully saturated rings. The number of rotatable bonds is 4. The van der Waals surface area contributed by atoms with E-state index in [1.165, 1.54) is 4.68 Å². The van der Waals surface area contributed by atoms with Gasteiger partial charge in [-0.1, -0.05) is 35.5 Å². The normalized spacial score (nSPS) is 15.8. The second-order valence-corrected chi connectivity index (χ2v) is 6.72. The van der Waals surface area contributed by atoms with E-state index in [1.807, 2.05) is 57.2 Å². The summed E-state index contributed by atoms with van der Waals surface area (Å²) >= 11 is 0. The molecule has 4 rings (SSSR count). The van der Waals surface area contributed by atoms with E-state index in [9.17, 15) is 4.79 Å². The summed E-state index contributed by atoms with van der Waals surface area (Å²) in [5.41, 5.74) is 4.10. The maximum Gasteiger partial charge on any atom is 0.269 e. The molecular formula is C20H20N6O2. The molecule has 0 aliphatic carbocycles. The maximum atomic E-state index is 12.7. The van der Waals surface area contributed by atoms with Crippen LogP contribution in [0, 0.1) is 20.8 Å². The molecule has 0 saturated heterocycles. The summed E-state index contributed by atoms with van der Waals surface area (Å²) in [5.74, 6) is 0.610. The van der Waals surface area contributed by atoms with Crippen LogP contribution in [0.5, 0.6) is 0 Å². The Kier molecular flexibility index (Phi) is 4.60. The number of aromatic nitrogens is 4. The van der Waals surface area contributed by atoms with Gasteiger partial charge in [0.25, 0.3) is 11.9 Å². The van der Waals surface area contributed by atoms with Gasteiger partial charge in [-0.2, -0.15) is 9.78 Å². The number of aryl methyl sites for hydroxylation is 3. The minimum atomic E-state index is -0.695. The predicted molar refractivity (Wildman–Crippen MR) is 104 cm³/mol. The van der Waals surface area contributed by atoms with Gasteiger partial charge in [-0.05, 0) is 32.4 Å². The Hall–Kier alpha value is -3.55. The van der Waals surface area contributed by atoms with Crippen LogP contribution >= 0.6 is 0 Å². The van der Waals surface area contributed by atoms with Crippen molar-refractivity contribution in [1.29, 1.82) is 0 Å². The first-order chi connectivity index (χ1) is 13.5. The van der Waals surface area contributed by atoms with Gasteiger partial charge in [0.1, 0.15) is 5.82 Å². The third kappa shape index (κ3) is 3.62. The standard InChI is InChI=1S/C20H20N6O2/c1-12-9-13(2)22-20(21-12)26-18(10-14(3)24-26)23-19(27)17-11-16(25-28-17)15-7-5-4-6-8-15/h4-10,17H,11H2,1-3H3,(H,23,27). The van der Waals surface area contributed by atoms with Crippen molar-refractivity contribution in [3.05, 3.63) is 65.1 Å². The van der Waals surface area contributed by atoms with Gasteiger partial charge in [-0.15, -0.1) is 0 Å². The first kappa shape index (κ1) is 17.8. The van der Waals surface area contributed by atoms with Crippen LogP contribution in [-0.4, -0.2) is 37.5 Å². The van der Waals surface area contributed by atoms with E-state index in [2.05, 4.69) is 25.5 Å². The zero-order valence-corrected chi connectivity index (χ0v) is 15.9. The molecule has 1 amide bonds. The minimum Gasteiger partial charge on any atom is -0.382 e. The van der Waals surface area contributed by atoms with E-state index in [1.54, 1.807) is 6.07 Å². The van der Waals surface area contributed by atoms with Crippen LogP contribution in [0.3, 0.4) is 0 Å². The number of nitrogens with zero attached hydrogens (tertiary/aromatic N) is 5. The van der Waals surface area contributed by atoms with Crippen molar-refractivity contribution < 1.29 is 9.63 Å². The Morgan fingerprint density at radius 3 is 2.50 bits per heavy atom. The number of hydrogen-bond acceptors (Lipinski definition) is 6. The molecule has 1 N–H and O–H groups in total. The van der Waals surface area contributed by atoms with Gasteiger partial charge in [0.2, 0.25) is 6.10 Å². The van der Waals surface area contributed by atoms with Crippen LogP contribution < -0.4 is 5.32 Å². The Morgan fingerprint density at radius 1 is 1.07 bits per heavy atom. The third-order valence-corrected chi connectivity index (χ3v) is 4.31. The molecule has 142 valence electrons. The molecule has 1 aliphatic rings.